The molecule has 0 amide bonds. The quantitative estimate of drug-likeness (QED) is 0.193. The van der Waals surface area contributed by atoms with Crippen LogP contribution in [-0.2, 0) is 38.6 Å². The summed E-state index contributed by atoms with van der Waals surface area (Å²) in [4.78, 5) is 16.8. The number of aromatic carboxylic acids is 1. The van der Waals surface area contributed by atoms with Crippen molar-refractivity contribution in [1.82, 2.24) is 30.2 Å². The van der Waals surface area contributed by atoms with Crippen molar-refractivity contribution in [3.63, 3.8) is 0 Å². The number of nitrogens with one attached hydrogen (secondary N) is 1. The number of carboxylic acids is 1. The number of methoxy groups -OCH3 is 1. The number of halogens is 1. The van der Waals surface area contributed by atoms with Crippen molar-refractivity contribution >= 4 is 50.0 Å². The Labute approximate surface area is 244 Å². The van der Waals surface area contributed by atoms with Crippen LogP contribution in [0.25, 0.3) is 21.1 Å². The van der Waals surface area contributed by atoms with Gasteiger partial charge in [-0.25, -0.2) is 9.78 Å². The van der Waals surface area contributed by atoms with Gasteiger partial charge in [-0.3, -0.25) is 0 Å². The van der Waals surface area contributed by atoms with E-state index in [0.717, 1.165) is 68.8 Å². The molecule has 0 unspecified atom stereocenters. The fourth-order valence-electron chi connectivity index (χ4n) is 5.26. The van der Waals surface area contributed by atoms with Crippen molar-refractivity contribution in [1.29, 1.82) is 0 Å². The second-order valence-electron chi connectivity index (χ2n) is 9.76. The predicted octanol–water partition coefficient (Wildman–Crippen LogP) is 5.94. The zero-order valence-corrected chi connectivity index (χ0v) is 23.9. The molecule has 0 atom stereocenters. The van der Waals surface area contributed by atoms with Gasteiger partial charge in [0, 0.05) is 47.1 Å². The van der Waals surface area contributed by atoms with E-state index in [0.29, 0.717) is 23.8 Å². The highest BCUT2D eigenvalue weighted by Gasteiger charge is 2.20. The van der Waals surface area contributed by atoms with E-state index in [-0.39, 0.29) is 5.56 Å². The maximum Gasteiger partial charge on any atom is 0.335 e. The number of ether oxygens (including phenoxy) is 1. The summed E-state index contributed by atoms with van der Waals surface area (Å²) in [5.41, 5.74) is 5.67. The highest BCUT2D eigenvalue weighted by atomic mass is 35.5. The molecule has 0 aliphatic heterocycles. The summed E-state index contributed by atoms with van der Waals surface area (Å²) in [6.07, 6.45) is 3.64. The highest BCUT2D eigenvalue weighted by molar-refractivity contribution is 7.18. The summed E-state index contributed by atoms with van der Waals surface area (Å²) < 4.78 is 8.78. The number of thiazole rings is 1. The lowest BCUT2D eigenvalue weighted by atomic mass is 9.99. The standard InChI is InChI=1S/C30H27ClN6O3S/c1-40-21-8-12-27-24(17-21)32-29(41-27)13-11-25-22(9-4-18-2-6-20(31)7-3-18)23-16-19(30(38)39)5-10-26(23)37(25)15-14-28-33-35-36-34-28/h2-3,5-8,10,12,16-17H,4,9,11,13-15H2,1H3,(H,38,39)(H,33,34,35,36). The van der Waals surface area contributed by atoms with Gasteiger partial charge < -0.3 is 14.4 Å². The van der Waals surface area contributed by atoms with Crippen LogP contribution in [0.15, 0.2) is 60.7 Å². The lowest BCUT2D eigenvalue weighted by Crippen LogP contribution is -2.09. The minimum Gasteiger partial charge on any atom is -0.497 e. The van der Waals surface area contributed by atoms with Crippen molar-refractivity contribution in [2.45, 2.75) is 38.6 Å². The molecule has 0 spiro atoms. The molecule has 0 saturated heterocycles. The highest BCUT2D eigenvalue weighted by Crippen LogP contribution is 2.32. The van der Waals surface area contributed by atoms with Crippen molar-refractivity contribution in [3.05, 3.63) is 98.9 Å². The van der Waals surface area contributed by atoms with Crippen LogP contribution in [0.1, 0.15) is 38.0 Å². The van der Waals surface area contributed by atoms with Crippen molar-refractivity contribution < 1.29 is 14.6 Å². The number of fused-ring (bicyclic) bond motifs is 2. The Kier molecular flexibility index (Phi) is 7.67. The van der Waals surface area contributed by atoms with E-state index in [1.165, 1.54) is 5.56 Å². The molecule has 6 rings (SSSR count). The minimum atomic E-state index is -0.943. The Morgan fingerprint density at radius 2 is 1.88 bits per heavy atom. The van der Waals surface area contributed by atoms with E-state index < -0.39 is 5.97 Å². The molecular formula is C30H27ClN6O3S. The Morgan fingerprint density at radius 1 is 1.02 bits per heavy atom. The first-order valence-electron chi connectivity index (χ1n) is 13.3. The van der Waals surface area contributed by atoms with E-state index in [2.05, 4.69) is 25.2 Å². The number of aryl methyl sites for hydroxylation is 5. The molecule has 9 nitrogen and oxygen atoms in total. The van der Waals surface area contributed by atoms with Crippen LogP contribution in [0.5, 0.6) is 5.75 Å². The average Bonchev–Trinajstić information content (AvgIpc) is 3.71. The Balaban J connectivity index is 1.40. The molecule has 3 heterocycles. The lowest BCUT2D eigenvalue weighted by Gasteiger charge is -2.12. The smallest absolute Gasteiger partial charge is 0.335 e. The van der Waals surface area contributed by atoms with Crippen molar-refractivity contribution in [3.8, 4) is 5.75 Å². The molecule has 0 fully saturated rings. The van der Waals surface area contributed by atoms with Crippen LogP contribution in [0.3, 0.4) is 0 Å². The third kappa shape index (κ3) is 5.79. The molecule has 0 aliphatic rings. The summed E-state index contributed by atoms with van der Waals surface area (Å²) in [6.45, 7) is 0.635. The zero-order chi connectivity index (χ0) is 28.3. The number of tetrazole rings is 1. The van der Waals surface area contributed by atoms with Crippen molar-refractivity contribution in [2.24, 2.45) is 0 Å². The number of rotatable bonds is 11. The number of aromatic nitrogens is 6. The van der Waals surface area contributed by atoms with Crippen LogP contribution < -0.4 is 4.74 Å². The first kappa shape index (κ1) is 26.9. The molecule has 3 aromatic heterocycles. The largest absolute Gasteiger partial charge is 0.497 e. The number of hydrogen-bond donors (Lipinski definition) is 2. The second kappa shape index (κ2) is 11.7. The number of aromatic amines is 1. The van der Waals surface area contributed by atoms with E-state index in [1.807, 2.05) is 48.5 Å². The SMILES string of the molecule is COc1ccc2sc(CCc3c(CCc4ccc(Cl)cc4)c4cc(C(=O)O)ccc4n3CCc3nn[nH]n3)nc2c1. The topological polar surface area (TPSA) is 119 Å². The van der Waals surface area contributed by atoms with E-state index in [4.69, 9.17) is 21.3 Å². The molecule has 11 heteroatoms. The predicted molar refractivity (Wildman–Crippen MR) is 159 cm³/mol. The first-order chi connectivity index (χ1) is 20.0. The number of carboxylic acid groups (broad SMARTS) is 1. The molecule has 0 radical (unpaired) electrons. The third-order valence-corrected chi connectivity index (χ3v) is 8.62. The zero-order valence-electron chi connectivity index (χ0n) is 22.3. The third-order valence-electron chi connectivity index (χ3n) is 7.27. The molecule has 208 valence electrons. The maximum absolute atomic E-state index is 11.9. The van der Waals surface area contributed by atoms with Crippen LogP contribution in [0, 0.1) is 0 Å². The fourth-order valence-corrected chi connectivity index (χ4v) is 6.34. The summed E-state index contributed by atoms with van der Waals surface area (Å²) >= 11 is 7.80. The number of H-pyrrole nitrogens is 1. The Hall–Kier alpha value is -4.28. The molecule has 0 aliphatic carbocycles. The second-order valence-corrected chi connectivity index (χ2v) is 11.3. The summed E-state index contributed by atoms with van der Waals surface area (Å²) in [7, 11) is 1.66. The van der Waals surface area contributed by atoms with Gasteiger partial charge >= 0.3 is 5.97 Å². The van der Waals surface area contributed by atoms with Gasteiger partial charge in [0.15, 0.2) is 5.82 Å². The number of nitrogens with zero attached hydrogens (tertiary/aromatic N) is 5. The Morgan fingerprint density at radius 3 is 2.63 bits per heavy atom. The van der Waals surface area contributed by atoms with E-state index >= 15 is 0 Å². The number of hydrogen-bond acceptors (Lipinski definition) is 7. The molecule has 3 aromatic carbocycles. The normalized spacial score (nSPS) is 11.5. The van der Waals surface area contributed by atoms with Crippen molar-refractivity contribution in [2.75, 3.05) is 7.11 Å². The van der Waals surface area contributed by atoms with Crippen LogP contribution in [-0.4, -0.2) is 48.4 Å². The molecular weight excluding hydrogens is 560 g/mol. The van der Waals surface area contributed by atoms with Gasteiger partial charge in [-0.05, 0) is 72.9 Å². The summed E-state index contributed by atoms with van der Waals surface area (Å²) in [6, 6.07) is 19.2. The summed E-state index contributed by atoms with van der Waals surface area (Å²) in [5, 5.41) is 27.0. The molecule has 2 N–H and O–H groups in total. The molecule has 6 aromatic rings. The monoisotopic (exact) mass is 586 g/mol. The van der Waals surface area contributed by atoms with Gasteiger partial charge in [-0.2, -0.15) is 5.21 Å². The molecule has 0 bridgehead atoms. The fraction of sp³-hybridized carbons (Fsp3) is 0.233. The Bertz CT molecular complexity index is 1830. The summed E-state index contributed by atoms with van der Waals surface area (Å²) in [5.74, 6) is 0.471. The van der Waals surface area contributed by atoms with Gasteiger partial charge in [0.2, 0.25) is 0 Å². The lowest BCUT2D eigenvalue weighted by molar-refractivity contribution is 0.0697. The van der Waals surface area contributed by atoms with Gasteiger partial charge in [0.1, 0.15) is 5.75 Å². The van der Waals surface area contributed by atoms with Crippen LogP contribution in [0.2, 0.25) is 5.02 Å². The molecule has 0 saturated carbocycles. The number of carbonyl (C=O) groups is 1. The van der Waals surface area contributed by atoms with Gasteiger partial charge in [0.05, 0.1) is 27.9 Å². The van der Waals surface area contributed by atoms with Gasteiger partial charge in [0.25, 0.3) is 0 Å². The molecule has 41 heavy (non-hydrogen) atoms. The van der Waals surface area contributed by atoms with Gasteiger partial charge in [-0.15, -0.1) is 21.5 Å². The van der Waals surface area contributed by atoms with Crippen LogP contribution in [0.4, 0.5) is 0 Å². The minimum absolute atomic E-state index is 0.271. The first-order valence-corrected chi connectivity index (χ1v) is 14.5. The van der Waals surface area contributed by atoms with Gasteiger partial charge in [-0.1, -0.05) is 28.9 Å². The average molecular weight is 587 g/mol. The van der Waals surface area contributed by atoms with E-state index in [1.54, 1.807) is 30.6 Å². The van der Waals surface area contributed by atoms with Crippen LogP contribution >= 0.6 is 22.9 Å². The number of benzene rings is 3. The van der Waals surface area contributed by atoms with E-state index in [9.17, 15) is 9.90 Å². The maximum atomic E-state index is 11.9.